The van der Waals surface area contributed by atoms with Crippen molar-refractivity contribution in [1.29, 1.82) is 0 Å². The summed E-state index contributed by atoms with van der Waals surface area (Å²) in [4.78, 5) is 28.4. The lowest BCUT2D eigenvalue weighted by Crippen LogP contribution is -2.19. The Labute approximate surface area is 155 Å². The van der Waals surface area contributed by atoms with Crippen LogP contribution in [-0.4, -0.2) is 16.8 Å². The van der Waals surface area contributed by atoms with Crippen LogP contribution in [0.5, 0.6) is 0 Å². The lowest BCUT2D eigenvalue weighted by Gasteiger charge is -2.17. The molecule has 26 heavy (non-hydrogen) atoms. The second kappa shape index (κ2) is 6.72. The van der Waals surface area contributed by atoms with Crippen molar-refractivity contribution >= 4 is 34.5 Å². The maximum atomic E-state index is 12.5. The van der Waals surface area contributed by atoms with Crippen LogP contribution < -0.4 is 10.6 Å². The van der Waals surface area contributed by atoms with Gasteiger partial charge in [0.1, 0.15) is 10.7 Å². The topological polar surface area (TPSA) is 71.1 Å². The van der Waals surface area contributed by atoms with E-state index in [0.29, 0.717) is 24.2 Å². The summed E-state index contributed by atoms with van der Waals surface area (Å²) in [5, 5.41) is 8.31. The molecule has 2 aromatic carbocycles. The minimum atomic E-state index is -0.237. The van der Waals surface area contributed by atoms with E-state index in [2.05, 4.69) is 15.6 Å². The lowest BCUT2D eigenvalue weighted by molar-refractivity contribution is -0.116. The van der Waals surface area contributed by atoms with Crippen LogP contribution in [0.15, 0.2) is 47.8 Å². The predicted octanol–water partition coefficient (Wildman–Crippen LogP) is 4.26. The van der Waals surface area contributed by atoms with Gasteiger partial charge in [-0.25, -0.2) is 4.98 Å². The standard InChI is InChI=1S/C20H17N3O2S/c1-12-2-4-13(5-3-12)20-23-17(11-26-20)19(25)21-15-7-8-16-14(10-15)6-9-18(24)22-16/h2-5,7-8,10-11H,6,9H2,1H3,(H,21,25)(H,22,24). The van der Waals surface area contributed by atoms with Crippen molar-refractivity contribution in [2.24, 2.45) is 0 Å². The molecule has 3 aromatic rings. The number of anilines is 2. The zero-order valence-electron chi connectivity index (χ0n) is 14.2. The van der Waals surface area contributed by atoms with E-state index in [4.69, 9.17) is 0 Å². The highest BCUT2D eigenvalue weighted by Crippen LogP contribution is 2.27. The first-order valence-electron chi connectivity index (χ1n) is 8.35. The number of carbonyl (C=O) groups excluding carboxylic acids is 2. The molecule has 6 heteroatoms. The monoisotopic (exact) mass is 363 g/mol. The fraction of sp³-hybridized carbons (Fsp3) is 0.150. The molecule has 1 aliphatic heterocycles. The number of amides is 2. The van der Waals surface area contributed by atoms with E-state index in [1.807, 2.05) is 43.3 Å². The van der Waals surface area contributed by atoms with E-state index >= 15 is 0 Å². The van der Waals surface area contributed by atoms with Crippen LogP contribution in [0, 0.1) is 6.92 Å². The largest absolute Gasteiger partial charge is 0.326 e. The Hall–Kier alpha value is -2.99. The maximum Gasteiger partial charge on any atom is 0.275 e. The third kappa shape index (κ3) is 3.36. The number of aromatic nitrogens is 1. The molecule has 2 amide bonds. The normalized spacial score (nSPS) is 13.0. The van der Waals surface area contributed by atoms with Crippen LogP contribution in [0.2, 0.25) is 0 Å². The van der Waals surface area contributed by atoms with Gasteiger partial charge in [0.2, 0.25) is 5.91 Å². The van der Waals surface area contributed by atoms with Crippen LogP contribution in [0.25, 0.3) is 10.6 Å². The summed E-state index contributed by atoms with van der Waals surface area (Å²) in [6.45, 7) is 2.04. The predicted molar refractivity (Wildman–Crippen MR) is 104 cm³/mol. The van der Waals surface area contributed by atoms with Gasteiger partial charge in [0.15, 0.2) is 0 Å². The van der Waals surface area contributed by atoms with E-state index in [1.54, 1.807) is 11.4 Å². The molecule has 2 heterocycles. The minimum absolute atomic E-state index is 0.0281. The number of thiazole rings is 1. The van der Waals surface area contributed by atoms with Crippen LogP contribution in [0.3, 0.4) is 0 Å². The maximum absolute atomic E-state index is 12.5. The average molecular weight is 363 g/mol. The smallest absolute Gasteiger partial charge is 0.275 e. The number of hydrogen-bond donors (Lipinski definition) is 2. The van der Waals surface area contributed by atoms with E-state index in [9.17, 15) is 9.59 Å². The zero-order chi connectivity index (χ0) is 18.1. The fourth-order valence-corrected chi connectivity index (χ4v) is 3.67. The Balaban J connectivity index is 1.50. The number of nitrogens with zero attached hydrogens (tertiary/aromatic N) is 1. The number of carbonyl (C=O) groups is 2. The van der Waals surface area contributed by atoms with Crippen molar-refractivity contribution in [3.05, 3.63) is 64.7 Å². The molecule has 0 bridgehead atoms. The average Bonchev–Trinajstić information content (AvgIpc) is 3.13. The molecule has 0 unspecified atom stereocenters. The van der Waals surface area contributed by atoms with Crippen LogP contribution in [0.1, 0.15) is 28.0 Å². The molecule has 0 atom stereocenters. The number of aryl methyl sites for hydroxylation is 2. The first-order valence-corrected chi connectivity index (χ1v) is 9.23. The summed E-state index contributed by atoms with van der Waals surface area (Å²) in [5.41, 5.74) is 5.14. The van der Waals surface area contributed by atoms with Crippen molar-refractivity contribution in [3.8, 4) is 10.6 Å². The molecule has 0 saturated heterocycles. The summed E-state index contributed by atoms with van der Waals surface area (Å²) in [6, 6.07) is 13.6. The first kappa shape index (κ1) is 16.5. The van der Waals surface area contributed by atoms with Gasteiger partial charge in [0.25, 0.3) is 5.91 Å². The SMILES string of the molecule is Cc1ccc(-c2nc(C(=O)Nc3ccc4c(c3)CCC(=O)N4)cs2)cc1. The minimum Gasteiger partial charge on any atom is -0.326 e. The van der Waals surface area contributed by atoms with Gasteiger partial charge in [-0.2, -0.15) is 0 Å². The number of rotatable bonds is 3. The van der Waals surface area contributed by atoms with Gasteiger partial charge >= 0.3 is 0 Å². The fourth-order valence-electron chi connectivity index (χ4n) is 2.86. The van der Waals surface area contributed by atoms with Gasteiger partial charge in [-0.3, -0.25) is 9.59 Å². The van der Waals surface area contributed by atoms with Gasteiger partial charge in [-0.1, -0.05) is 29.8 Å². The highest BCUT2D eigenvalue weighted by atomic mass is 32.1. The molecule has 130 valence electrons. The van der Waals surface area contributed by atoms with Crippen molar-refractivity contribution in [1.82, 2.24) is 4.98 Å². The molecule has 0 fully saturated rings. The molecule has 0 spiro atoms. The van der Waals surface area contributed by atoms with Gasteiger partial charge in [-0.15, -0.1) is 11.3 Å². The highest BCUT2D eigenvalue weighted by molar-refractivity contribution is 7.13. The molecule has 2 N–H and O–H groups in total. The number of fused-ring (bicyclic) bond motifs is 1. The van der Waals surface area contributed by atoms with Gasteiger partial charge in [0, 0.05) is 28.7 Å². The third-order valence-electron chi connectivity index (χ3n) is 4.29. The van der Waals surface area contributed by atoms with Gasteiger partial charge < -0.3 is 10.6 Å². The molecule has 0 saturated carbocycles. The van der Waals surface area contributed by atoms with Crippen molar-refractivity contribution < 1.29 is 9.59 Å². The highest BCUT2D eigenvalue weighted by Gasteiger charge is 2.16. The zero-order valence-corrected chi connectivity index (χ0v) is 15.0. The van der Waals surface area contributed by atoms with E-state index in [-0.39, 0.29) is 11.8 Å². The summed E-state index contributed by atoms with van der Waals surface area (Å²) < 4.78 is 0. The second-order valence-corrected chi connectivity index (χ2v) is 7.14. The summed E-state index contributed by atoms with van der Waals surface area (Å²) in [6.07, 6.45) is 1.15. The van der Waals surface area contributed by atoms with Crippen LogP contribution >= 0.6 is 11.3 Å². The number of nitrogens with one attached hydrogen (secondary N) is 2. The Morgan fingerprint density at radius 2 is 1.96 bits per heavy atom. The van der Waals surface area contributed by atoms with Crippen molar-refractivity contribution in [3.63, 3.8) is 0 Å². The number of benzene rings is 2. The van der Waals surface area contributed by atoms with Crippen LogP contribution in [0.4, 0.5) is 11.4 Å². The Kier molecular flexibility index (Phi) is 4.26. The molecule has 1 aliphatic rings. The van der Waals surface area contributed by atoms with E-state index in [1.165, 1.54) is 16.9 Å². The second-order valence-electron chi connectivity index (χ2n) is 6.28. The summed E-state index contributed by atoms with van der Waals surface area (Å²) in [7, 11) is 0. The number of hydrogen-bond acceptors (Lipinski definition) is 4. The van der Waals surface area contributed by atoms with E-state index < -0.39 is 0 Å². The van der Waals surface area contributed by atoms with Crippen LogP contribution in [-0.2, 0) is 11.2 Å². The lowest BCUT2D eigenvalue weighted by atomic mass is 10.0. The van der Waals surface area contributed by atoms with Crippen molar-refractivity contribution in [2.75, 3.05) is 10.6 Å². The molecular formula is C20H17N3O2S. The molecule has 4 rings (SSSR count). The molecule has 5 nitrogen and oxygen atoms in total. The third-order valence-corrected chi connectivity index (χ3v) is 5.19. The first-order chi connectivity index (χ1) is 12.6. The molecule has 1 aromatic heterocycles. The van der Waals surface area contributed by atoms with Crippen molar-refractivity contribution in [2.45, 2.75) is 19.8 Å². The molecule has 0 aliphatic carbocycles. The van der Waals surface area contributed by atoms with E-state index in [0.717, 1.165) is 21.8 Å². The molecular weight excluding hydrogens is 346 g/mol. The Bertz CT molecular complexity index is 993. The Morgan fingerprint density at radius 1 is 1.15 bits per heavy atom. The Morgan fingerprint density at radius 3 is 2.77 bits per heavy atom. The summed E-state index contributed by atoms with van der Waals surface area (Å²) in [5.74, 6) is -0.209. The van der Waals surface area contributed by atoms with Gasteiger partial charge in [0.05, 0.1) is 0 Å². The summed E-state index contributed by atoms with van der Waals surface area (Å²) >= 11 is 1.45. The quantitative estimate of drug-likeness (QED) is 0.730. The molecule has 0 radical (unpaired) electrons. The van der Waals surface area contributed by atoms with Gasteiger partial charge in [-0.05, 0) is 37.1 Å².